The first-order chi connectivity index (χ1) is 8.44. The quantitative estimate of drug-likeness (QED) is 0.795. The first-order valence-electron chi connectivity index (χ1n) is 5.49. The first-order valence-corrected chi connectivity index (χ1v) is 6.28. The Balaban J connectivity index is 2.19. The maximum Gasteiger partial charge on any atom is 0.329 e. The summed E-state index contributed by atoms with van der Waals surface area (Å²) in [5, 5.41) is 21.3. The number of nitrogens with one attached hydrogen (secondary N) is 1. The summed E-state index contributed by atoms with van der Waals surface area (Å²) in [6.45, 7) is 0. The molecule has 1 aliphatic carbocycles. The molecular weight excluding hydrogens is 302 g/mol. The number of aliphatic carboxylic acids is 1. The minimum Gasteiger partial charge on any atom is -0.507 e. The highest BCUT2D eigenvalue weighted by Crippen LogP contribution is 2.33. The van der Waals surface area contributed by atoms with Crippen LogP contribution in [0, 0.1) is 0 Å². The number of hydrogen-bond donors (Lipinski definition) is 3. The molecule has 1 aromatic rings. The number of carbonyl (C=O) groups is 2. The van der Waals surface area contributed by atoms with Crippen LogP contribution in [0.1, 0.15) is 29.6 Å². The van der Waals surface area contributed by atoms with Crippen LogP contribution < -0.4 is 5.32 Å². The van der Waals surface area contributed by atoms with Gasteiger partial charge in [-0.15, -0.1) is 0 Å². The molecule has 3 N–H and O–H groups in total. The number of carbonyl (C=O) groups excluding carboxylic acids is 1. The molecule has 0 heterocycles. The van der Waals surface area contributed by atoms with Crippen LogP contribution >= 0.6 is 15.9 Å². The fourth-order valence-corrected chi connectivity index (χ4v) is 2.25. The predicted octanol–water partition coefficient (Wildman–Crippen LogP) is 1.89. The Morgan fingerprint density at radius 3 is 2.44 bits per heavy atom. The first kappa shape index (κ1) is 12.9. The summed E-state index contributed by atoms with van der Waals surface area (Å²) >= 11 is 3.17. The van der Waals surface area contributed by atoms with Crippen molar-refractivity contribution in [2.75, 3.05) is 0 Å². The van der Waals surface area contributed by atoms with E-state index in [2.05, 4.69) is 21.2 Å². The van der Waals surface area contributed by atoms with Gasteiger partial charge in [0.15, 0.2) is 0 Å². The van der Waals surface area contributed by atoms with Crippen molar-refractivity contribution in [1.29, 1.82) is 0 Å². The summed E-state index contributed by atoms with van der Waals surface area (Å²) in [7, 11) is 0. The van der Waals surface area contributed by atoms with Crippen LogP contribution in [0.5, 0.6) is 5.75 Å². The molecule has 0 spiro atoms. The van der Waals surface area contributed by atoms with Gasteiger partial charge in [0.25, 0.3) is 5.91 Å². The molecule has 0 radical (unpaired) electrons. The normalized spacial score (nSPS) is 16.7. The Labute approximate surface area is 112 Å². The number of benzene rings is 1. The Bertz CT molecular complexity index is 511. The van der Waals surface area contributed by atoms with Gasteiger partial charge >= 0.3 is 5.97 Å². The minimum absolute atomic E-state index is 0.0747. The zero-order valence-corrected chi connectivity index (χ0v) is 11.0. The van der Waals surface area contributed by atoms with Crippen LogP contribution in [0.3, 0.4) is 0 Å². The third-order valence-electron chi connectivity index (χ3n) is 3.17. The third kappa shape index (κ3) is 2.20. The van der Waals surface area contributed by atoms with Crippen molar-refractivity contribution in [2.45, 2.75) is 24.8 Å². The van der Waals surface area contributed by atoms with Gasteiger partial charge in [-0.3, -0.25) is 4.79 Å². The van der Waals surface area contributed by atoms with Gasteiger partial charge in [0.2, 0.25) is 0 Å². The fourth-order valence-electron chi connectivity index (χ4n) is 1.90. The second-order valence-corrected chi connectivity index (χ2v) is 5.27. The number of rotatable bonds is 3. The molecule has 6 heteroatoms. The van der Waals surface area contributed by atoms with Crippen molar-refractivity contribution in [1.82, 2.24) is 5.32 Å². The Hall–Kier alpha value is -1.56. The van der Waals surface area contributed by atoms with Crippen molar-refractivity contribution in [3.8, 4) is 5.75 Å². The summed E-state index contributed by atoms with van der Waals surface area (Å²) in [6.07, 6.45) is 1.62. The van der Waals surface area contributed by atoms with E-state index in [1.165, 1.54) is 12.1 Å². The topological polar surface area (TPSA) is 86.6 Å². The van der Waals surface area contributed by atoms with E-state index < -0.39 is 17.4 Å². The zero-order valence-electron chi connectivity index (χ0n) is 9.44. The van der Waals surface area contributed by atoms with E-state index in [1.54, 1.807) is 6.07 Å². The summed E-state index contributed by atoms with van der Waals surface area (Å²) in [5.41, 5.74) is -1.10. The van der Waals surface area contributed by atoms with Gasteiger partial charge in [0.1, 0.15) is 11.3 Å². The highest BCUT2D eigenvalue weighted by Gasteiger charge is 2.45. The van der Waals surface area contributed by atoms with E-state index >= 15 is 0 Å². The highest BCUT2D eigenvalue weighted by molar-refractivity contribution is 9.10. The molecule has 0 saturated heterocycles. The lowest BCUT2D eigenvalue weighted by molar-refractivity contribution is -0.148. The lowest BCUT2D eigenvalue weighted by Crippen LogP contribution is -2.59. The molecule has 0 aromatic heterocycles. The average molecular weight is 314 g/mol. The molecule has 1 aromatic carbocycles. The van der Waals surface area contributed by atoms with Crippen molar-refractivity contribution >= 4 is 27.8 Å². The predicted molar refractivity (Wildman–Crippen MR) is 67.5 cm³/mol. The fraction of sp³-hybridized carbons (Fsp3) is 0.333. The maximum atomic E-state index is 11.9. The maximum absolute atomic E-state index is 11.9. The highest BCUT2D eigenvalue weighted by atomic mass is 79.9. The average Bonchev–Trinajstić information content (AvgIpc) is 2.22. The molecule has 1 fully saturated rings. The number of amides is 1. The Morgan fingerprint density at radius 1 is 1.33 bits per heavy atom. The summed E-state index contributed by atoms with van der Waals surface area (Å²) in [4.78, 5) is 23.1. The van der Waals surface area contributed by atoms with Crippen molar-refractivity contribution < 1.29 is 19.8 Å². The van der Waals surface area contributed by atoms with Gasteiger partial charge in [-0.2, -0.15) is 0 Å². The molecule has 0 bridgehead atoms. The molecule has 0 aliphatic heterocycles. The summed E-state index contributed by atoms with van der Waals surface area (Å²) in [6, 6.07) is 4.45. The lowest BCUT2D eigenvalue weighted by Gasteiger charge is -2.38. The van der Waals surface area contributed by atoms with Gasteiger partial charge in [-0.05, 0) is 37.5 Å². The van der Waals surface area contributed by atoms with Gasteiger partial charge in [0.05, 0.1) is 5.56 Å². The number of carboxylic acids is 1. The molecule has 5 nitrogen and oxygen atoms in total. The van der Waals surface area contributed by atoms with E-state index in [4.69, 9.17) is 5.11 Å². The number of phenolic OH excluding ortho intramolecular Hbond substituents is 1. The third-order valence-corrected chi connectivity index (χ3v) is 3.67. The van der Waals surface area contributed by atoms with Crippen LogP contribution in [-0.2, 0) is 4.79 Å². The van der Waals surface area contributed by atoms with E-state index in [0.29, 0.717) is 17.3 Å². The number of hydrogen-bond acceptors (Lipinski definition) is 3. The van der Waals surface area contributed by atoms with Crippen LogP contribution in [0.15, 0.2) is 22.7 Å². The number of carboxylic acid groups (broad SMARTS) is 1. The van der Waals surface area contributed by atoms with Crippen LogP contribution in [0.4, 0.5) is 0 Å². The van der Waals surface area contributed by atoms with E-state index in [0.717, 1.165) is 6.42 Å². The molecule has 1 amide bonds. The SMILES string of the molecule is O=C(NC1(C(=O)O)CCC1)c1ccc(Br)cc1O. The standard InChI is InChI=1S/C12H12BrNO4/c13-7-2-3-8(9(15)6-7)10(16)14-12(11(17)18)4-1-5-12/h2-3,6,15H,1,4-5H2,(H,14,16)(H,17,18). The van der Waals surface area contributed by atoms with Crippen LogP contribution in [-0.4, -0.2) is 27.6 Å². The van der Waals surface area contributed by atoms with Crippen molar-refractivity contribution in [3.63, 3.8) is 0 Å². The molecular formula is C12H12BrNO4. The van der Waals surface area contributed by atoms with Crippen LogP contribution in [0.2, 0.25) is 0 Å². The second-order valence-electron chi connectivity index (χ2n) is 4.36. The smallest absolute Gasteiger partial charge is 0.329 e. The number of phenols is 1. The molecule has 0 atom stereocenters. The summed E-state index contributed by atoms with van der Waals surface area (Å²) < 4.78 is 0.646. The van der Waals surface area contributed by atoms with Gasteiger partial charge in [0, 0.05) is 4.47 Å². The molecule has 0 unspecified atom stereocenters. The minimum atomic E-state index is -1.17. The van der Waals surface area contributed by atoms with Crippen LogP contribution in [0.25, 0.3) is 0 Å². The molecule has 1 saturated carbocycles. The second kappa shape index (κ2) is 4.61. The van der Waals surface area contributed by atoms with Gasteiger partial charge in [-0.1, -0.05) is 15.9 Å². The molecule has 96 valence electrons. The van der Waals surface area contributed by atoms with E-state index in [9.17, 15) is 14.7 Å². The van der Waals surface area contributed by atoms with Crippen molar-refractivity contribution in [3.05, 3.63) is 28.2 Å². The molecule has 2 rings (SSSR count). The largest absolute Gasteiger partial charge is 0.507 e. The molecule has 18 heavy (non-hydrogen) atoms. The zero-order chi connectivity index (χ0) is 13.3. The lowest BCUT2D eigenvalue weighted by atomic mass is 9.76. The Kier molecular flexibility index (Phi) is 3.30. The van der Waals surface area contributed by atoms with Gasteiger partial charge < -0.3 is 15.5 Å². The summed E-state index contributed by atoms with van der Waals surface area (Å²) in [5.74, 6) is -1.78. The number of aromatic hydroxyl groups is 1. The number of halogens is 1. The Morgan fingerprint density at radius 2 is 2.00 bits per heavy atom. The molecule has 1 aliphatic rings. The van der Waals surface area contributed by atoms with E-state index in [1.807, 2.05) is 0 Å². The van der Waals surface area contributed by atoms with Gasteiger partial charge in [-0.25, -0.2) is 4.79 Å². The van der Waals surface area contributed by atoms with E-state index in [-0.39, 0.29) is 11.3 Å². The van der Waals surface area contributed by atoms with Crippen molar-refractivity contribution in [2.24, 2.45) is 0 Å². The monoisotopic (exact) mass is 313 g/mol.